The normalized spacial score (nSPS) is 25.8. The zero-order valence-corrected chi connectivity index (χ0v) is 15.1. The Labute approximate surface area is 135 Å². The summed E-state index contributed by atoms with van der Waals surface area (Å²) in [4.78, 5) is 11.7. The highest BCUT2D eigenvalue weighted by atomic mass is 32.2. The highest BCUT2D eigenvalue weighted by Crippen LogP contribution is 2.32. The van der Waals surface area contributed by atoms with Gasteiger partial charge in [-0.05, 0) is 58.1 Å². The van der Waals surface area contributed by atoms with Gasteiger partial charge in [-0.25, -0.2) is 0 Å². The molecular weight excluding hydrogens is 280 g/mol. The van der Waals surface area contributed by atoms with Gasteiger partial charge >= 0.3 is 0 Å². The topological polar surface area (TPSA) is 55.1 Å². The molecule has 0 aromatic carbocycles. The second kappa shape index (κ2) is 9.04. The number of nitrogens with two attached hydrogens (primary N) is 1. The van der Waals surface area contributed by atoms with E-state index in [-0.39, 0.29) is 11.9 Å². The summed E-state index contributed by atoms with van der Waals surface area (Å²) in [5.41, 5.74) is 5.00. The Hall–Kier alpha value is -0.220. The first-order valence-corrected chi connectivity index (χ1v) is 9.57. The van der Waals surface area contributed by atoms with Crippen molar-refractivity contribution in [3.63, 3.8) is 0 Å². The van der Waals surface area contributed by atoms with E-state index in [9.17, 15) is 4.79 Å². The summed E-state index contributed by atoms with van der Waals surface area (Å²) in [6.45, 7) is 8.43. The Morgan fingerprint density at radius 3 is 2.67 bits per heavy atom. The van der Waals surface area contributed by atoms with Crippen molar-refractivity contribution in [3.8, 4) is 0 Å². The average Bonchev–Trinajstić information content (AvgIpc) is 2.37. The number of hydrogen-bond acceptors (Lipinski definition) is 3. The molecule has 4 heteroatoms. The van der Waals surface area contributed by atoms with Crippen molar-refractivity contribution in [1.29, 1.82) is 0 Å². The van der Waals surface area contributed by atoms with Crippen LogP contribution in [-0.2, 0) is 4.79 Å². The Morgan fingerprint density at radius 1 is 1.38 bits per heavy atom. The summed E-state index contributed by atoms with van der Waals surface area (Å²) < 4.78 is 0. The maximum absolute atomic E-state index is 11.7. The van der Waals surface area contributed by atoms with Crippen molar-refractivity contribution in [2.24, 2.45) is 11.7 Å². The lowest BCUT2D eigenvalue weighted by Crippen LogP contribution is -2.55. The van der Waals surface area contributed by atoms with Crippen LogP contribution in [0.5, 0.6) is 0 Å². The number of unbranched alkanes of at least 4 members (excludes halogenated alkanes) is 1. The lowest BCUT2D eigenvalue weighted by Gasteiger charge is -2.30. The van der Waals surface area contributed by atoms with Crippen LogP contribution in [-0.4, -0.2) is 28.5 Å². The summed E-state index contributed by atoms with van der Waals surface area (Å²) in [7, 11) is 0. The van der Waals surface area contributed by atoms with Gasteiger partial charge in [-0.1, -0.05) is 26.2 Å². The summed E-state index contributed by atoms with van der Waals surface area (Å²) >= 11 is 2.14. The smallest absolute Gasteiger partial charge is 0.237 e. The van der Waals surface area contributed by atoms with Crippen molar-refractivity contribution in [2.45, 2.75) is 89.5 Å². The van der Waals surface area contributed by atoms with E-state index in [1.165, 1.54) is 37.9 Å². The van der Waals surface area contributed by atoms with Crippen molar-refractivity contribution in [2.75, 3.05) is 5.75 Å². The molecule has 0 radical (unpaired) electrons. The molecule has 0 saturated heterocycles. The zero-order valence-electron chi connectivity index (χ0n) is 14.3. The fourth-order valence-electron chi connectivity index (χ4n) is 3.26. The van der Waals surface area contributed by atoms with Crippen molar-refractivity contribution in [3.05, 3.63) is 0 Å². The number of rotatable bonds is 9. The van der Waals surface area contributed by atoms with Gasteiger partial charge in [0, 0.05) is 11.3 Å². The van der Waals surface area contributed by atoms with Crippen LogP contribution in [0, 0.1) is 5.92 Å². The molecule has 3 nitrogen and oxygen atoms in total. The van der Waals surface area contributed by atoms with Gasteiger partial charge in [-0.15, -0.1) is 0 Å². The summed E-state index contributed by atoms with van der Waals surface area (Å²) in [6.07, 6.45) is 8.67. The van der Waals surface area contributed by atoms with E-state index in [2.05, 4.69) is 37.8 Å². The molecule has 0 spiro atoms. The van der Waals surface area contributed by atoms with Crippen LogP contribution in [0.15, 0.2) is 0 Å². The van der Waals surface area contributed by atoms with Gasteiger partial charge in [-0.2, -0.15) is 11.8 Å². The summed E-state index contributed by atoms with van der Waals surface area (Å²) in [6, 6.07) is 0.278. The Balaban J connectivity index is 2.21. The van der Waals surface area contributed by atoms with Crippen LogP contribution in [0.4, 0.5) is 0 Å². The average molecular weight is 315 g/mol. The number of thioether (sulfide) groups is 1. The molecule has 0 aromatic rings. The van der Waals surface area contributed by atoms with Crippen LogP contribution in [0.3, 0.4) is 0 Å². The Morgan fingerprint density at radius 2 is 2.10 bits per heavy atom. The van der Waals surface area contributed by atoms with Crippen molar-refractivity contribution in [1.82, 2.24) is 5.32 Å². The maximum atomic E-state index is 11.7. The standard InChI is InChI=1S/C17H34N2OS/c1-13(2)19-17(4,16(18)20)10-5-6-11-21-15-9-7-8-14(3)12-15/h13-15,19H,5-12H2,1-4H3,(H2,18,20). The molecule has 1 aliphatic rings. The van der Waals surface area contributed by atoms with Crippen molar-refractivity contribution < 1.29 is 4.79 Å². The lowest BCUT2D eigenvalue weighted by molar-refractivity contribution is -0.124. The van der Waals surface area contributed by atoms with E-state index < -0.39 is 5.54 Å². The minimum Gasteiger partial charge on any atom is -0.368 e. The minimum atomic E-state index is -0.557. The van der Waals surface area contributed by atoms with E-state index in [1.54, 1.807) is 0 Å². The first-order chi connectivity index (χ1) is 9.83. The lowest BCUT2D eigenvalue weighted by atomic mass is 9.91. The van der Waals surface area contributed by atoms with Gasteiger partial charge in [0.15, 0.2) is 0 Å². The van der Waals surface area contributed by atoms with Gasteiger partial charge in [0.05, 0.1) is 5.54 Å². The highest BCUT2D eigenvalue weighted by Gasteiger charge is 2.30. The molecule has 21 heavy (non-hydrogen) atoms. The van der Waals surface area contributed by atoms with E-state index in [4.69, 9.17) is 5.73 Å². The molecule has 124 valence electrons. The van der Waals surface area contributed by atoms with Gasteiger partial charge in [0.25, 0.3) is 0 Å². The zero-order chi connectivity index (χ0) is 15.9. The van der Waals surface area contributed by atoms with Gasteiger partial charge < -0.3 is 11.1 Å². The molecule has 3 atom stereocenters. The third-order valence-corrected chi connectivity index (χ3v) is 5.89. The predicted molar refractivity (Wildman–Crippen MR) is 93.6 cm³/mol. The minimum absolute atomic E-state index is 0.232. The third-order valence-electron chi connectivity index (χ3n) is 4.46. The fourth-order valence-corrected chi connectivity index (χ4v) is 4.77. The van der Waals surface area contributed by atoms with E-state index >= 15 is 0 Å². The van der Waals surface area contributed by atoms with E-state index in [1.807, 2.05) is 6.92 Å². The highest BCUT2D eigenvalue weighted by molar-refractivity contribution is 7.99. The number of carbonyl (C=O) groups excluding carboxylic acids is 1. The molecule has 0 aliphatic heterocycles. The fraction of sp³-hybridized carbons (Fsp3) is 0.941. The number of nitrogens with one attached hydrogen (secondary N) is 1. The van der Waals surface area contributed by atoms with Gasteiger partial charge in [0.1, 0.15) is 0 Å². The largest absolute Gasteiger partial charge is 0.368 e. The number of primary amides is 1. The summed E-state index contributed by atoms with van der Waals surface area (Å²) in [5, 5.41) is 4.19. The molecule has 0 heterocycles. The van der Waals surface area contributed by atoms with Gasteiger partial charge in [0.2, 0.25) is 5.91 Å². The molecule has 1 fully saturated rings. The quantitative estimate of drug-likeness (QED) is 0.638. The molecular formula is C17H34N2OS. The molecule has 0 bridgehead atoms. The van der Waals surface area contributed by atoms with E-state index in [0.717, 1.165) is 24.0 Å². The second-order valence-corrected chi connectivity index (χ2v) is 8.63. The van der Waals surface area contributed by atoms with Crippen LogP contribution in [0.2, 0.25) is 0 Å². The molecule has 1 amide bonds. The van der Waals surface area contributed by atoms with E-state index in [0.29, 0.717) is 0 Å². The predicted octanol–water partition coefficient (Wildman–Crippen LogP) is 3.71. The summed E-state index contributed by atoms with van der Waals surface area (Å²) in [5.74, 6) is 1.89. The van der Waals surface area contributed by atoms with Crippen LogP contribution in [0.1, 0.15) is 72.6 Å². The van der Waals surface area contributed by atoms with Crippen LogP contribution >= 0.6 is 11.8 Å². The number of hydrogen-bond donors (Lipinski definition) is 2. The molecule has 3 N–H and O–H groups in total. The van der Waals surface area contributed by atoms with Crippen LogP contribution < -0.4 is 11.1 Å². The molecule has 0 aromatic heterocycles. The van der Waals surface area contributed by atoms with Crippen LogP contribution in [0.25, 0.3) is 0 Å². The SMILES string of the molecule is CC1CCCC(SCCCCC(C)(NC(C)C)C(N)=O)C1. The third kappa shape index (κ3) is 7.05. The second-order valence-electron chi connectivity index (χ2n) is 7.22. The number of amides is 1. The Bertz CT molecular complexity index is 322. The Kier molecular flexibility index (Phi) is 8.10. The first-order valence-electron chi connectivity index (χ1n) is 8.52. The molecule has 1 saturated carbocycles. The molecule has 3 unspecified atom stereocenters. The van der Waals surface area contributed by atoms with Gasteiger partial charge in [-0.3, -0.25) is 4.79 Å². The number of carbonyl (C=O) groups is 1. The monoisotopic (exact) mass is 314 g/mol. The molecule has 1 rings (SSSR count). The van der Waals surface area contributed by atoms with Crippen molar-refractivity contribution >= 4 is 17.7 Å². The molecule has 1 aliphatic carbocycles. The first kappa shape index (κ1) is 18.8. The maximum Gasteiger partial charge on any atom is 0.237 e.